The topological polar surface area (TPSA) is 26.0 Å². The first-order valence-electron chi connectivity index (χ1n) is 6.74. The van der Waals surface area contributed by atoms with Crippen molar-refractivity contribution in [3.8, 4) is 0 Å². The van der Waals surface area contributed by atoms with Gasteiger partial charge in [-0.15, -0.1) is 6.58 Å². The van der Waals surface area contributed by atoms with Crippen molar-refractivity contribution < 1.29 is 0 Å². The minimum Gasteiger partial charge on any atom is -0.330 e. The smallest absolute Gasteiger partial charge is 0.000824 e. The van der Waals surface area contributed by atoms with Gasteiger partial charge in [0.2, 0.25) is 0 Å². The molecule has 1 heteroatoms. The second kappa shape index (κ2) is 9.00. The molecule has 1 unspecified atom stereocenters. The predicted octanol–water partition coefficient (Wildman–Crippen LogP) is 4.26. The first-order chi connectivity index (χ1) is 8.38. The van der Waals surface area contributed by atoms with Gasteiger partial charge in [-0.2, -0.15) is 0 Å². The van der Waals surface area contributed by atoms with Gasteiger partial charge in [-0.3, -0.25) is 0 Å². The fourth-order valence-electron chi connectivity index (χ4n) is 2.18. The van der Waals surface area contributed by atoms with E-state index in [-0.39, 0.29) is 0 Å². The minimum absolute atomic E-state index is 0.538. The van der Waals surface area contributed by atoms with Gasteiger partial charge >= 0.3 is 0 Å². The molecule has 1 nitrogen and oxygen atoms in total. The molecule has 0 aromatic heterocycles. The number of benzene rings is 1. The van der Waals surface area contributed by atoms with Gasteiger partial charge in [-0.05, 0) is 37.3 Å². The molecule has 2 N–H and O–H groups in total. The van der Waals surface area contributed by atoms with Gasteiger partial charge in [-0.25, -0.2) is 0 Å². The monoisotopic (exact) mass is 231 g/mol. The lowest BCUT2D eigenvalue weighted by atomic mass is 9.93. The van der Waals surface area contributed by atoms with Crippen LogP contribution in [-0.2, 0) is 0 Å². The molecule has 0 aliphatic heterocycles. The Morgan fingerprint density at radius 2 is 1.76 bits per heavy atom. The summed E-state index contributed by atoms with van der Waals surface area (Å²) in [5.74, 6) is 0.538. The third-order valence-electron chi connectivity index (χ3n) is 3.27. The highest BCUT2D eigenvalue weighted by Crippen LogP contribution is 2.21. The standard InChI is InChI=1S/C16H25N/c1-2-3-4-5-6-8-13-16(14-17)15-11-9-7-10-12-15/h2,7,9-12,16H,1,3-6,8,13-14,17H2. The fraction of sp³-hybridized carbons (Fsp3) is 0.500. The number of hydrogen-bond donors (Lipinski definition) is 1. The number of allylic oxidation sites excluding steroid dienone is 1. The molecule has 0 radical (unpaired) electrons. The van der Waals surface area contributed by atoms with Gasteiger partial charge in [0.25, 0.3) is 0 Å². The molecule has 0 saturated heterocycles. The molecule has 94 valence electrons. The van der Waals surface area contributed by atoms with Crippen molar-refractivity contribution in [3.05, 3.63) is 48.6 Å². The molecule has 0 fully saturated rings. The quantitative estimate of drug-likeness (QED) is 0.499. The molecule has 1 rings (SSSR count). The van der Waals surface area contributed by atoms with E-state index in [1.165, 1.54) is 37.7 Å². The molecule has 0 aliphatic carbocycles. The van der Waals surface area contributed by atoms with Crippen molar-refractivity contribution in [2.75, 3.05) is 6.54 Å². The number of rotatable bonds is 9. The van der Waals surface area contributed by atoms with Crippen LogP contribution in [0.5, 0.6) is 0 Å². The molecule has 0 aliphatic rings. The van der Waals surface area contributed by atoms with Crippen LogP contribution < -0.4 is 5.73 Å². The zero-order valence-electron chi connectivity index (χ0n) is 10.8. The largest absolute Gasteiger partial charge is 0.330 e. The maximum atomic E-state index is 5.85. The molecule has 0 bridgehead atoms. The van der Waals surface area contributed by atoms with Gasteiger partial charge in [0.15, 0.2) is 0 Å². The van der Waals surface area contributed by atoms with E-state index in [0.717, 1.165) is 13.0 Å². The van der Waals surface area contributed by atoms with E-state index in [1.54, 1.807) is 0 Å². The molecule has 1 atom stereocenters. The van der Waals surface area contributed by atoms with Crippen molar-refractivity contribution >= 4 is 0 Å². The Balaban J connectivity index is 2.22. The summed E-state index contributed by atoms with van der Waals surface area (Å²) >= 11 is 0. The van der Waals surface area contributed by atoms with Gasteiger partial charge in [0, 0.05) is 0 Å². The van der Waals surface area contributed by atoms with Crippen molar-refractivity contribution in [3.63, 3.8) is 0 Å². The van der Waals surface area contributed by atoms with E-state index >= 15 is 0 Å². The molecule has 17 heavy (non-hydrogen) atoms. The Hall–Kier alpha value is -1.08. The summed E-state index contributed by atoms with van der Waals surface area (Å²) in [7, 11) is 0. The van der Waals surface area contributed by atoms with Crippen molar-refractivity contribution in [1.29, 1.82) is 0 Å². The maximum Gasteiger partial charge on any atom is -0.000824 e. The van der Waals surface area contributed by atoms with Crippen LogP contribution >= 0.6 is 0 Å². The van der Waals surface area contributed by atoms with Crippen LogP contribution in [0.2, 0.25) is 0 Å². The van der Waals surface area contributed by atoms with E-state index in [0.29, 0.717) is 5.92 Å². The molecule has 1 aromatic rings. The van der Waals surface area contributed by atoms with E-state index in [2.05, 4.69) is 36.9 Å². The summed E-state index contributed by atoms with van der Waals surface area (Å²) in [4.78, 5) is 0. The number of unbranched alkanes of at least 4 members (excludes halogenated alkanes) is 4. The van der Waals surface area contributed by atoms with Gasteiger partial charge < -0.3 is 5.73 Å². The average molecular weight is 231 g/mol. The second-order valence-electron chi connectivity index (χ2n) is 4.62. The fourth-order valence-corrected chi connectivity index (χ4v) is 2.18. The van der Waals surface area contributed by atoms with Gasteiger partial charge in [0.05, 0.1) is 0 Å². The Kier molecular flexibility index (Phi) is 7.40. The maximum absolute atomic E-state index is 5.85. The zero-order valence-corrected chi connectivity index (χ0v) is 10.8. The lowest BCUT2D eigenvalue weighted by Gasteiger charge is -2.14. The summed E-state index contributed by atoms with van der Waals surface area (Å²) < 4.78 is 0. The Labute approximate surface area is 106 Å². The van der Waals surface area contributed by atoms with Crippen LogP contribution in [0.25, 0.3) is 0 Å². The van der Waals surface area contributed by atoms with Crippen LogP contribution in [0.3, 0.4) is 0 Å². The lowest BCUT2D eigenvalue weighted by Crippen LogP contribution is -2.12. The summed E-state index contributed by atoms with van der Waals surface area (Å²) in [5, 5.41) is 0. The molecular weight excluding hydrogens is 206 g/mol. The number of hydrogen-bond acceptors (Lipinski definition) is 1. The molecular formula is C16H25N. The highest BCUT2D eigenvalue weighted by molar-refractivity contribution is 5.19. The third-order valence-corrected chi connectivity index (χ3v) is 3.27. The van der Waals surface area contributed by atoms with Crippen LogP contribution in [0, 0.1) is 0 Å². The van der Waals surface area contributed by atoms with E-state index in [9.17, 15) is 0 Å². The summed E-state index contributed by atoms with van der Waals surface area (Å²) in [6, 6.07) is 10.6. The molecule has 1 aromatic carbocycles. The van der Waals surface area contributed by atoms with E-state index in [4.69, 9.17) is 5.73 Å². The van der Waals surface area contributed by atoms with Crippen LogP contribution in [0.1, 0.15) is 50.0 Å². The third kappa shape index (κ3) is 5.69. The number of nitrogens with two attached hydrogens (primary N) is 1. The predicted molar refractivity (Wildman–Crippen MR) is 76.1 cm³/mol. The Morgan fingerprint density at radius 1 is 1.06 bits per heavy atom. The first kappa shape index (κ1) is 14.0. The van der Waals surface area contributed by atoms with E-state index < -0.39 is 0 Å². The van der Waals surface area contributed by atoms with Crippen molar-refractivity contribution in [1.82, 2.24) is 0 Å². The van der Waals surface area contributed by atoms with Gasteiger partial charge in [0.1, 0.15) is 0 Å². The van der Waals surface area contributed by atoms with Crippen LogP contribution in [-0.4, -0.2) is 6.54 Å². The van der Waals surface area contributed by atoms with Gasteiger partial charge in [-0.1, -0.05) is 55.7 Å². The average Bonchev–Trinajstić information content (AvgIpc) is 2.39. The Morgan fingerprint density at radius 3 is 2.41 bits per heavy atom. The molecule has 0 amide bonds. The lowest BCUT2D eigenvalue weighted by molar-refractivity contribution is 0.553. The first-order valence-corrected chi connectivity index (χ1v) is 6.74. The second-order valence-corrected chi connectivity index (χ2v) is 4.62. The highest BCUT2D eigenvalue weighted by Gasteiger charge is 2.08. The SMILES string of the molecule is C=CCCCCCCC(CN)c1ccccc1. The molecule has 0 heterocycles. The summed E-state index contributed by atoms with van der Waals surface area (Å²) in [6.07, 6.45) is 9.57. The summed E-state index contributed by atoms with van der Waals surface area (Å²) in [6.45, 7) is 4.50. The van der Waals surface area contributed by atoms with Crippen molar-refractivity contribution in [2.24, 2.45) is 5.73 Å². The summed E-state index contributed by atoms with van der Waals surface area (Å²) in [5.41, 5.74) is 7.24. The van der Waals surface area contributed by atoms with E-state index in [1.807, 2.05) is 6.08 Å². The van der Waals surface area contributed by atoms with Crippen LogP contribution in [0.4, 0.5) is 0 Å². The van der Waals surface area contributed by atoms with Crippen LogP contribution in [0.15, 0.2) is 43.0 Å². The molecule has 0 saturated carbocycles. The minimum atomic E-state index is 0.538. The highest BCUT2D eigenvalue weighted by atomic mass is 14.5. The normalized spacial score (nSPS) is 12.3. The Bertz CT molecular complexity index is 292. The molecule has 0 spiro atoms. The van der Waals surface area contributed by atoms with Crippen molar-refractivity contribution in [2.45, 2.75) is 44.4 Å². The zero-order chi connectivity index (χ0) is 12.3.